The minimum atomic E-state index is 0.0663. The van der Waals surface area contributed by atoms with Crippen LogP contribution >= 0.6 is 23.1 Å². The van der Waals surface area contributed by atoms with Crippen molar-refractivity contribution in [2.45, 2.75) is 37.4 Å². The van der Waals surface area contributed by atoms with Gasteiger partial charge in [-0.15, -0.1) is 11.3 Å². The highest BCUT2D eigenvalue weighted by molar-refractivity contribution is 8.01. The molecule has 22 heavy (non-hydrogen) atoms. The van der Waals surface area contributed by atoms with Crippen LogP contribution in [0.15, 0.2) is 34.0 Å². The van der Waals surface area contributed by atoms with Crippen LogP contribution in [0, 0.1) is 6.92 Å². The van der Waals surface area contributed by atoms with Gasteiger partial charge in [0.1, 0.15) is 0 Å². The highest BCUT2D eigenvalue weighted by Crippen LogP contribution is 2.21. The van der Waals surface area contributed by atoms with E-state index in [1.807, 2.05) is 12.3 Å². The third-order valence-corrected chi connectivity index (χ3v) is 5.45. The Kier molecular flexibility index (Phi) is 6.46. The quantitative estimate of drug-likeness (QED) is 0.778. The molecule has 3 nitrogen and oxygen atoms in total. The summed E-state index contributed by atoms with van der Waals surface area (Å²) in [5.41, 5.74) is 3.62. The molecule has 0 unspecified atom stereocenters. The van der Waals surface area contributed by atoms with Crippen LogP contribution in [0.3, 0.4) is 0 Å². The summed E-state index contributed by atoms with van der Waals surface area (Å²) in [6.45, 7) is 7.02. The van der Waals surface area contributed by atoms with E-state index >= 15 is 0 Å². The molecule has 118 valence electrons. The zero-order valence-corrected chi connectivity index (χ0v) is 14.9. The number of thiazole rings is 1. The molecule has 5 heteroatoms. The lowest BCUT2D eigenvalue weighted by molar-refractivity contribution is -0.118. The van der Waals surface area contributed by atoms with Crippen molar-refractivity contribution in [2.75, 3.05) is 12.3 Å². The molecule has 0 saturated carbocycles. The number of aryl methyl sites for hydroxylation is 1. The molecule has 0 spiro atoms. The summed E-state index contributed by atoms with van der Waals surface area (Å²) < 4.78 is 0.955. The maximum Gasteiger partial charge on any atom is 0.230 e. The Morgan fingerprint density at radius 1 is 1.32 bits per heavy atom. The molecule has 0 radical (unpaired) electrons. The molecule has 0 atom stereocenters. The van der Waals surface area contributed by atoms with Crippen LogP contribution in [-0.4, -0.2) is 23.2 Å². The second-order valence-corrected chi connectivity index (χ2v) is 7.62. The first kappa shape index (κ1) is 17.0. The van der Waals surface area contributed by atoms with Gasteiger partial charge >= 0.3 is 0 Å². The van der Waals surface area contributed by atoms with Crippen LogP contribution in [-0.2, 0) is 11.2 Å². The fourth-order valence-electron chi connectivity index (χ4n) is 1.99. The zero-order valence-electron chi connectivity index (χ0n) is 13.3. The number of thioether (sulfide) groups is 1. The average Bonchev–Trinajstić information content (AvgIpc) is 2.91. The SMILES string of the molecule is Cc1csc(SCC(=O)NCCc2ccc(C(C)C)cc2)n1. The maximum atomic E-state index is 11.8. The normalized spacial score (nSPS) is 10.9. The van der Waals surface area contributed by atoms with Crippen molar-refractivity contribution in [3.05, 3.63) is 46.5 Å². The number of carbonyl (C=O) groups is 1. The van der Waals surface area contributed by atoms with E-state index in [1.54, 1.807) is 11.3 Å². The summed E-state index contributed by atoms with van der Waals surface area (Å²) in [4.78, 5) is 16.1. The smallest absolute Gasteiger partial charge is 0.230 e. The van der Waals surface area contributed by atoms with E-state index in [9.17, 15) is 4.79 Å². The van der Waals surface area contributed by atoms with Gasteiger partial charge in [0.15, 0.2) is 4.34 Å². The molecule has 2 rings (SSSR count). The summed E-state index contributed by atoms with van der Waals surface area (Å²) in [5.74, 6) is 1.05. The van der Waals surface area contributed by atoms with Crippen molar-refractivity contribution in [1.29, 1.82) is 0 Å². The Labute approximate surface area is 140 Å². The third kappa shape index (κ3) is 5.46. The number of rotatable bonds is 7. The largest absolute Gasteiger partial charge is 0.355 e. The maximum absolute atomic E-state index is 11.8. The Morgan fingerprint density at radius 3 is 2.64 bits per heavy atom. The summed E-state index contributed by atoms with van der Waals surface area (Å²) >= 11 is 3.08. The predicted octanol–water partition coefficient (Wildman–Crippen LogP) is 4.03. The molecule has 1 amide bonds. The third-order valence-electron chi connectivity index (χ3n) is 3.31. The van der Waals surface area contributed by atoms with Crippen LogP contribution in [0.25, 0.3) is 0 Å². The molecule has 0 fully saturated rings. The molecule has 1 aromatic heterocycles. The second-order valence-electron chi connectivity index (χ2n) is 5.54. The topological polar surface area (TPSA) is 42.0 Å². The van der Waals surface area contributed by atoms with Gasteiger partial charge in [-0.2, -0.15) is 0 Å². The highest BCUT2D eigenvalue weighted by atomic mass is 32.2. The van der Waals surface area contributed by atoms with E-state index in [1.165, 1.54) is 22.9 Å². The van der Waals surface area contributed by atoms with Crippen LogP contribution in [0.4, 0.5) is 0 Å². The van der Waals surface area contributed by atoms with Crippen molar-refractivity contribution < 1.29 is 4.79 Å². The van der Waals surface area contributed by atoms with Crippen LogP contribution < -0.4 is 5.32 Å². The van der Waals surface area contributed by atoms with E-state index < -0.39 is 0 Å². The lowest BCUT2D eigenvalue weighted by atomic mass is 10.0. The standard InChI is InChI=1S/C17H22N2OS2/c1-12(2)15-6-4-14(5-7-15)8-9-18-16(20)11-22-17-19-13(3)10-21-17/h4-7,10,12H,8-9,11H2,1-3H3,(H,18,20). The molecule has 0 aliphatic heterocycles. The number of aromatic nitrogens is 1. The van der Waals surface area contributed by atoms with Gasteiger partial charge in [-0.1, -0.05) is 49.9 Å². The predicted molar refractivity (Wildman–Crippen MR) is 94.8 cm³/mol. The van der Waals surface area contributed by atoms with Gasteiger partial charge in [0.2, 0.25) is 5.91 Å². The summed E-state index contributed by atoms with van der Waals surface area (Å²) in [6, 6.07) is 8.63. The van der Waals surface area contributed by atoms with Crippen LogP contribution in [0.1, 0.15) is 36.6 Å². The number of nitrogens with one attached hydrogen (secondary N) is 1. The molecular weight excluding hydrogens is 312 g/mol. The number of hydrogen-bond donors (Lipinski definition) is 1. The molecule has 0 saturated heterocycles. The minimum absolute atomic E-state index is 0.0663. The average molecular weight is 335 g/mol. The van der Waals surface area contributed by atoms with Crippen molar-refractivity contribution in [3.8, 4) is 0 Å². The van der Waals surface area contributed by atoms with E-state index in [-0.39, 0.29) is 5.91 Å². The second kappa shape index (κ2) is 8.34. The van der Waals surface area contributed by atoms with Crippen molar-refractivity contribution in [3.63, 3.8) is 0 Å². The van der Waals surface area contributed by atoms with Gasteiger partial charge in [-0.25, -0.2) is 4.98 Å². The van der Waals surface area contributed by atoms with E-state index in [2.05, 4.69) is 48.4 Å². The number of amides is 1. The molecule has 0 aliphatic rings. The van der Waals surface area contributed by atoms with Crippen molar-refractivity contribution in [2.24, 2.45) is 0 Å². The molecule has 1 N–H and O–H groups in total. The van der Waals surface area contributed by atoms with Gasteiger partial charge in [-0.05, 0) is 30.4 Å². The number of hydrogen-bond acceptors (Lipinski definition) is 4. The number of nitrogens with zero attached hydrogens (tertiary/aromatic N) is 1. The Bertz CT molecular complexity index is 605. The highest BCUT2D eigenvalue weighted by Gasteiger charge is 2.05. The summed E-state index contributed by atoms with van der Waals surface area (Å²) in [7, 11) is 0. The van der Waals surface area contributed by atoms with Gasteiger partial charge in [0.05, 0.1) is 5.75 Å². The number of benzene rings is 1. The summed E-state index contributed by atoms with van der Waals surface area (Å²) in [6.07, 6.45) is 0.866. The zero-order chi connectivity index (χ0) is 15.9. The van der Waals surface area contributed by atoms with Crippen molar-refractivity contribution >= 4 is 29.0 Å². The number of carbonyl (C=O) groups excluding carboxylic acids is 1. The van der Waals surface area contributed by atoms with Gasteiger partial charge < -0.3 is 5.32 Å². The fraction of sp³-hybridized carbons (Fsp3) is 0.412. The molecule has 0 aliphatic carbocycles. The van der Waals surface area contributed by atoms with Crippen LogP contribution in [0.2, 0.25) is 0 Å². The van der Waals surface area contributed by atoms with Gasteiger partial charge in [0, 0.05) is 17.6 Å². The monoisotopic (exact) mass is 334 g/mol. The molecular formula is C17H22N2OS2. The molecule has 2 aromatic rings. The molecule has 1 aromatic carbocycles. The first-order chi connectivity index (χ1) is 10.5. The summed E-state index contributed by atoms with van der Waals surface area (Å²) in [5, 5.41) is 4.96. The Morgan fingerprint density at radius 2 is 2.05 bits per heavy atom. The molecule has 1 heterocycles. The minimum Gasteiger partial charge on any atom is -0.355 e. The van der Waals surface area contributed by atoms with Gasteiger partial charge in [-0.3, -0.25) is 4.79 Å². The first-order valence-corrected chi connectivity index (χ1v) is 9.31. The van der Waals surface area contributed by atoms with E-state index in [0.717, 1.165) is 16.5 Å². The van der Waals surface area contributed by atoms with Gasteiger partial charge in [0.25, 0.3) is 0 Å². The van der Waals surface area contributed by atoms with E-state index in [4.69, 9.17) is 0 Å². The lowest BCUT2D eigenvalue weighted by Gasteiger charge is -2.08. The Hall–Kier alpha value is -1.33. The van der Waals surface area contributed by atoms with E-state index in [0.29, 0.717) is 18.2 Å². The lowest BCUT2D eigenvalue weighted by Crippen LogP contribution is -2.27. The Balaban J connectivity index is 1.68. The van der Waals surface area contributed by atoms with Crippen LogP contribution in [0.5, 0.6) is 0 Å². The molecule has 0 bridgehead atoms. The van der Waals surface area contributed by atoms with Crippen molar-refractivity contribution in [1.82, 2.24) is 10.3 Å². The fourth-order valence-corrected chi connectivity index (χ4v) is 3.67. The first-order valence-electron chi connectivity index (χ1n) is 7.45.